The lowest BCUT2D eigenvalue weighted by molar-refractivity contribution is 0.0951. The molecule has 1 aliphatic rings. The maximum absolute atomic E-state index is 12.7. The Kier molecular flexibility index (Phi) is 3.88. The fourth-order valence-corrected chi connectivity index (χ4v) is 3.83. The van der Waals surface area contributed by atoms with Crippen molar-refractivity contribution in [1.29, 1.82) is 0 Å². The molecule has 1 unspecified atom stereocenters. The number of ketones is 1. The van der Waals surface area contributed by atoms with Crippen molar-refractivity contribution in [2.45, 2.75) is 32.1 Å². The van der Waals surface area contributed by atoms with Crippen LogP contribution < -0.4 is 4.74 Å². The summed E-state index contributed by atoms with van der Waals surface area (Å²) in [4.78, 5) is 14.1. The highest BCUT2D eigenvalue weighted by molar-refractivity contribution is 7.10. The van der Waals surface area contributed by atoms with Gasteiger partial charge in [0.2, 0.25) is 0 Å². The summed E-state index contributed by atoms with van der Waals surface area (Å²) < 4.78 is 5.42. The Balaban J connectivity index is 1.83. The van der Waals surface area contributed by atoms with E-state index >= 15 is 0 Å². The van der Waals surface area contributed by atoms with Gasteiger partial charge >= 0.3 is 0 Å². The van der Waals surface area contributed by atoms with E-state index in [1.54, 1.807) is 11.3 Å². The molecule has 1 aromatic carbocycles. The smallest absolute Gasteiger partial charge is 0.170 e. The number of carbonyl (C=O) groups excluding carboxylic acids is 1. The number of fused-ring (bicyclic) bond motifs is 1. The fraction of sp³-hybridized carbons (Fsp3) is 0.353. The van der Waals surface area contributed by atoms with Gasteiger partial charge in [0.25, 0.3) is 0 Å². The van der Waals surface area contributed by atoms with Crippen LogP contribution in [-0.2, 0) is 6.42 Å². The van der Waals surface area contributed by atoms with Crippen molar-refractivity contribution >= 4 is 17.1 Å². The van der Waals surface area contributed by atoms with Crippen LogP contribution in [0, 0.1) is 0 Å². The van der Waals surface area contributed by atoms with Crippen molar-refractivity contribution in [3.63, 3.8) is 0 Å². The second-order valence-electron chi connectivity index (χ2n) is 5.07. The second-order valence-corrected chi connectivity index (χ2v) is 6.07. The summed E-state index contributed by atoms with van der Waals surface area (Å²) in [5.41, 5.74) is 2.04. The highest BCUT2D eigenvalue weighted by atomic mass is 32.1. The molecule has 0 saturated heterocycles. The number of ether oxygens (including phenoxy) is 1. The lowest BCUT2D eigenvalue weighted by Crippen LogP contribution is -2.17. The normalized spacial score (nSPS) is 17.6. The van der Waals surface area contributed by atoms with Gasteiger partial charge in [-0.15, -0.1) is 11.3 Å². The molecule has 0 N–H and O–H groups in total. The molecule has 1 atom stereocenters. The third-order valence-corrected chi connectivity index (χ3v) is 4.81. The van der Waals surface area contributed by atoms with Gasteiger partial charge < -0.3 is 4.74 Å². The Labute approximate surface area is 123 Å². The topological polar surface area (TPSA) is 26.3 Å². The lowest BCUT2D eigenvalue weighted by atomic mass is 9.82. The van der Waals surface area contributed by atoms with Gasteiger partial charge in [-0.2, -0.15) is 0 Å². The Morgan fingerprint density at radius 3 is 2.85 bits per heavy atom. The van der Waals surface area contributed by atoms with Crippen LogP contribution in [0.4, 0.5) is 0 Å². The first-order valence-corrected chi connectivity index (χ1v) is 8.01. The number of Topliss-reactive ketones (excluding diaryl/α,β-unsaturated/α-hetero) is 1. The molecule has 0 fully saturated rings. The van der Waals surface area contributed by atoms with E-state index in [1.807, 2.05) is 31.2 Å². The average molecular weight is 286 g/mol. The summed E-state index contributed by atoms with van der Waals surface area (Å²) in [5, 5.41) is 2.11. The minimum atomic E-state index is 0.0444. The van der Waals surface area contributed by atoms with Gasteiger partial charge in [0, 0.05) is 16.4 Å². The summed E-state index contributed by atoms with van der Waals surface area (Å²) >= 11 is 1.78. The van der Waals surface area contributed by atoms with Crippen molar-refractivity contribution in [3.05, 3.63) is 51.7 Å². The molecule has 0 spiro atoms. The van der Waals surface area contributed by atoms with Crippen molar-refractivity contribution in [2.75, 3.05) is 6.61 Å². The standard InChI is InChI=1S/C17H18O2S/c1-2-19-13-8-6-12(7-9-13)17(18)15-4-3-5-16-14(15)10-11-20-16/h6-11,15H,2-5H2,1H3. The zero-order valence-corrected chi connectivity index (χ0v) is 12.4. The quantitative estimate of drug-likeness (QED) is 0.776. The van der Waals surface area contributed by atoms with E-state index in [0.29, 0.717) is 6.61 Å². The van der Waals surface area contributed by atoms with Crippen LogP contribution in [-0.4, -0.2) is 12.4 Å². The van der Waals surface area contributed by atoms with Crippen LogP contribution in [0.5, 0.6) is 5.75 Å². The number of benzene rings is 1. The molecule has 3 rings (SSSR count). The maximum atomic E-state index is 12.7. The molecular weight excluding hydrogens is 268 g/mol. The van der Waals surface area contributed by atoms with E-state index in [0.717, 1.165) is 30.6 Å². The highest BCUT2D eigenvalue weighted by Gasteiger charge is 2.27. The first-order valence-electron chi connectivity index (χ1n) is 7.13. The largest absolute Gasteiger partial charge is 0.494 e. The molecule has 0 saturated carbocycles. The first kappa shape index (κ1) is 13.4. The van der Waals surface area contributed by atoms with Crippen LogP contribution in [0.1, 0.15) is 46.5 Å². The predicted octanol–water partition coefficient (Wildman–Crippen LogP) is 4.45. The number of rotatable bonds is 4. The minimum Gasteiger partial charge on any atom is -0.494 e. The van der Waals surface area contributed by atoms with Crippen LogP contribution >= 0.6 is 11.3 Å². The van der Waals surface area contributed by atoms with E-state index in [9.17, 15) is 4.79 Å². The Morgan fingerprint density at radius 1 is 1.30 bits per heavy atom. The number of hydrogen-bond acceptors (Lipinski definition) is 3. The Hall–Kier alpha value is -1.61. The van der Waals surface area contributed by atoms with Crippen molar-refractivity contribution in [2.24, 2.45) is 0 Å². The second kappa shape index (κ2) is 5.80. The molecule has 3 heteroatoms. The molecule has 2 nitrogen and oxygen atoms in total. The van der Waals surface area contributed by atoms with Gasteiger partial charge in [-0.05, 0) is 67.5 Å². The number of thiophene rings is 1. The van der Waals surface area contributed by atoms with Crippen LogP contribution in [0.3, 0.4) is 0 Å². The van der Waals surface area contributed by atoms with Gasteiger partial charge in [-0.3, -0.25) is 4.79 Å². The van der Waals surface area contributed by atoms with Gasteiger partial charge in [-0.25, -0.2) is 0 Å². The van der Waals surface area contributed by atoms with E-state index < -0.39 is 0 Å². The number of hydrogen-bond donors (Lipinski definition) is 0. The van der Waals surface area contributed by atoms with Gasteiger partial charge in [0.1, 0.15) is 5.75 Å². The van der Waals surface area contributed by atoms with Gasteiger partial charge in [-0.1, -0.05) is 0 Å². The molecule has 1 aromatic heterocycles. The number of carbonyl (C=O) groups is 1. The van der Waals surface area contributed by atoms with Gasteiger partial charge in [0.05, 0.1) is 6.61 Å². The maximum Gasteiger partial charge on any atom is 0.170 e. The molecule has 104 valence electrons. The summed E-state index contributed by atoms with van der Waals surface area (Å²) in [6.07, 6.45) is 3.21. The molecule has 0 amide bonds. The summed E-state index contributed by atoms with van der Waals surface area (Å²) in [6, 6.07) is 9.65. The van der Waals surface area contributed by atoms with Crippen LogP contribution in [0.25, 0.3) is 0 Å². The molecule has 1 aliphatic carbocycles. The third kappa shape index (κ3) is 2.50. The summed E-state index contributed by atoms with van der Waals surface area (Å²) in [5.74, 6) is 1.11. The van der Waals surface area contributed by atoms with E-state index in [2.05, 4.69) is 11.4 Å². The number of aryl methyl sites for hydroxylation is 1. The molecule has 20 heavy (non-hydrogen) atoms. The minimum absolute atomic E-state index is 0.0444. The van der Waals surface area contributed by atoms with Crippen LogP contribution in [0.15, 0.2) is 35.7 Å². The predicted molar refractivity (Wildman–Crippen MR) is 81.9 cm³/mol. The SMILES string of the molecule is CCOc1ccc(C(=O)C2CCCc3sccc32)cc1. The van der Waals surface area contributed by atoms with E-state index in [4.69, 9.17) is 4.74 Å². The van der Waals surface area contributed by atoms with E-state index in [-0.39, 0.29) is 11.7 Å². The molecular formula is C17H18O2S. The van der Waals surface area contributed by atoms with Crippen molar-refractivity contribution in [3.8, 4) is 5.75 Å². The van der Waals surface area contributed by atoms with E-state index in [1.165, 1.54) is 10.4 Å². The van der Waals surface area contributed by atoms with Crippen molar-refractivity contribution < 1.29 is 9.53 Å². The monoisotopic (exact) mass is 286 g/mol. The molecule has 2 aromatic rings. The first-order chi connectivity index (χ1) is 9.79. The molecule has 0 bridgehead atoms. The highest BCUT2D eigenvalue weighted by Crippen LogP contribution is 2.37. The molecule has 0 radical (unpaired) electrons. The Bertz CT molecular complexity index is 598. The zero-order valence-electron chi connectivity index (χ0n) is 11.6. The summed E-state index contributed by atoms with van der Waals surface area (Å²) in [6.45, 7) is 2.60. The van der Waals surface area contributed by atoms with Crippen LogP contribution in [0.2, 0.25) is 0 Å². The zero-order chi connectivity index (χ0) is 13.9. The summed E-state index contributed by atoms with van der Waals surface area (Å²) in [7, 11) is 0. The fourth-order valence-electron chi connectivity index (χ4n) is 2.84. The Morgan fingerprint density at radius 2 is 2.10 bits per heavy atom. The molecule has 0 aliphatic heterocycles. The van der Waals surface area contributed by atoms with Crippen molar-refractivity contribution in [1.82, 2.24) is 0 Å². The van der Waals surface area contributed by atoms with Gasteiger partial charge in [0.15, 0.2) is 5.78 Å². The lowest BCUT2D eigenvalue weighted by Gasteiger charge is -2.21. The average Bonchev–Trinajstić information content (AvgIpc) is 2.96. The third-order valence-electron chi connectivity index (χ3n) is 3.82. The molecule has 1 heterocycles.